The van der Waals surface area contributed by atoms with E-state index < -0.39 is 51.2 Å². The standard InChI is InChI=1S/C24H19Cl2F7N2O2/c1-2-3-19(36)35-11-21(27,12-35)14-6-4-13(5-7-14)18-10-22(37-34-18,24(31,32)33)15-8-16(23(28,29)30)20(26)17(25)9-15/h4-9H,2-3,10-12H2,1H3. The van der Waals surface area contributed by atoms with Crippen molar-refractivity contribution in [1.82, 2.24) is 4.90 Å². The van der Waals surface area contributed by atoms with E-state index >= 15 is 4.39 Å². The molecule has 2 aromatic rings. The summed E-state index contributed by atoms with van der Waals surface area (Å²) >= 11 is 11.3. The molecule has 2 aliphatic rings. The van der Waals surface area contributed by atoms with Gasteiger partial charge in [-0.15, -0.1) is 0 Å². The van der Waals surface area contributed by atoms with Crippen molar-refractivity contribution in [2.24, 2.45) is 5.16 Å². The number of amides is 1. The Hall–Kier alpha value is -2.53. The molecule has 1 unspecified atom stereocenters. The van der Waals surface area contributed by atoms with Gasteiger partial charge >= 0.3 is 12.4 Å². The van der Waals surface area contributed by atoms with E-state index in [1.54, 1.807) is 0 Å². The summed E-state index contributed by atoms with van der Waals surface area (Å²) in [6, 6.07) is 6.35. The summed E-state index contributed by atoms with van der Waals surface area (Å²) in [7, 11) is 0. The third kappa shape index (κ3) is 4.87. The van der Waals surface area contributed by atoms with Crippen molar-refractivity contribution in [2.75, 3.05) is 13.1 Å². The van der Waals surface area contributed by atoms with Crippen LogP contribution in [0.4, 0.5) is 30.7 Å². The monoisotopic (exact) mass is 570 g/mol. The first-order valence-electron chi connectivity index (χ1n) is 11.1. The third-order valence-electron chi connectivity index (χ3n) is 6.42. The minimum atomic E-state index is -5.18. The second-order valence-corrected chi connectivity index (χ2v) is 9.78. The molecule has 2 aromatic carbocycles. The smallest absolute Gasteiger partial charge is 0.374 e. The highest BCUT2D eigenvalue weighted by Crippen LogP contribution is 2.51. The highest BCUT2D eigenvalue weighted by atomic mass is 35.5. The average Bonchev–Trinajstić information content (AvgIpc) is 3.25. The van der Waals surface area contributed by atoms with Gasteiger partial charge in [0.1, 0.15) is 0 Å². The summed E-state index contributed by atoms with van der Waals surface area (Å²) in [5, 5.41) is 1.86. The number of carbonyl (C=O) groups excluding carboxylic acids is 1. The van der Waals surface area contributed by atoms with E-state index in [2.05, 4.69) is 5.16 Å². The Balaban J connectivity index is 1.59. The van der Waals surface area contributed by atoms with Crippen molar-refractivity contribution >= 4 is 34.8 Å². The van der Waals surface area contributed by atoms with Gasteiger partial charge in [-0.2, -0.15) is 26.3 Å². The number of oxime groups is 1. The van der Waals surface area contributed by atoms with Gasteiger partial charge in [-0.05, 0) is 29.7 Å². The molecule has 0 bridgehead atoms. The van der Waals surface area contributed by atoms with E-state index in [-0.39, 0.29) is 41.9 Å². The van der Waals surface area contributed by atoms with Gasteiger partial charge in [-0.25, -0.2) is 4.39 Å². The minimum absolute atomic E-state index is 0.134. The fourth-order valence-electron chi connectivity index (χ4n) is 4.34. The third-order valence-corrected chi connectivity index (χ3v) is 7.22. The zero-order valence-corrected chi connectivity index (χ0v) is 20.6. The Bertz CT molecular complexity index is 1240. The van der Waals surface area contributed by atoms with E-state index in [0.29, 0.717) is 18.9 Å². The molecule has 1 fully saturated rings. The van der Waals surface area contributed by atoms with E-state index in [1.165, 1.54) is 29.2 Å². The number of hydrogen-bond donors (Lipinski definition) is 0. The maximum Gasteiger partial charge on any atom is 0.435 e. The number of halogens is 9. The Kier molecular flexibility index (Phi) is 6.94. The van der Waals surface area contributed by atoms with Gasteiger partial charge in [0.15, 0.2) is 5.67 Å². The van der Waals surface area contributed by atoms with Crippen LogP contribution in [0.3, 0.4) is 0 Å². The van der Waals surface area contributed by atoms with Gasteiger partial charge in [-0.1, -0.05) is 59.5 Å². The van der Waals surface area contributed by atoms with Crippen LogP contribution in [0.25, 0.3) is 0 Å². The molecule has 0 saturated carbocycles. The van der Waals surface area contributed by atoms with Crippen LogP contribution >= 0.6 is 23.2 Å². The van der Waals surface area contributed by atoms with Crippen LogP contribution in [-0.4, -0.2) is 35.8 Å². The second kappa shape index (κ2) is 9.34. The van der Waals surface area contributed by atoms with Gasteiger partial charge in [0.25, 0.3) is 5.60 Å². The number of carbonyl (C=O) groups is 1. The highest BCUT2D eigenvalue weighted by Gasteiger charge is 2.63. The molecule has 4 rings (SSSR count). The first kappa shape index (κ1) is 27.5. The Labute approximate surface area is 217 Å². The molecule has 1 saturated heterocycles. The van der Waals surface area contributed by atoms with Gasteiger partial charge in [-0.3, -0.25) is 4.79 Å². The lowest BCUT2D eigenvalue weighted by Gasteiger charge is -2.44. The molecule has 0 radical (unpaired) electrons. The van der Waals surface area contributed by atoms with Crippen LogP contribution < -0.4 is 0 Å². The Morgan fingerprint density at radius 2 is 1.68 bits per heavy atom. The molecule has 0 aromatic heterocycles. The van der Waals surface area contributed by atoms with Crippen LogP contribution in [0.2, 0.25) is 10.0 Å². The van der Waals surface area contributed by atoms with E-state index in [9.17, 15) is 31.1 Å². The first-order chi connectivity index (χ1) is 17.1. The summed E-state index contributed by atoms with van der Waals surface area (Å²) in [6.07, 6.45) is -10.3. The zero-order chi connectivity index (χ0) is 27.4. The van der Waals surface area contributed by atoms with Crippen molar-refractivity contribution in [1.29, 1.82) is 0 Å². The number of benzene rings is 2. The summed E-state index contributed by atoms with van der Waals surface area (Å²) < 4.78 is 98.1. The molecule has 200 valence electrons. The number of nitrogens with zero attached hydrogens (tertiary/aromatic N) is 2. The lowest BCUT2D eigenvalue weighted by atomic mass is 9.84. The lowest BCUT2D eigenvalue weighted by molar-refractivity contribution is -0.276. The summed E-state index contributed by atoms with van der Waals surface area (Å²) in [5.41, 5.74) is -7.30. The number of likely N-dealkylation sites (tertiary alicyclic amines) is 1. The molecular weight excluding hydrogens is 552 g/mol. The number of hydrogen-bond acceptors (Lipinski definition) is 3. The fourth-order valence-corrected chi connectivity index (χ4v) is 4.77. The molecular formula is C24H19Cl2F7N2O2. The van der Waals surface area contributed by atoms with Crippen molar-refractivity contribution < 1.29 is 40.4 Å². The average molecular weight is 571 g/mol. The van der Waals surface area contributed by atoms with Gasteiger partial charge in [0.2, 0.25) is 5.91 Å². The summed E-state index contributed by atoms with van der Waals surface area (Å²) in [5.74, 6) is -0.163. The molecule has 2 aliphatic heterocycles. The van der Waals surface area contributed by atoms with E-state index in [0.717, 1.165) is 0 Å². The molecule has 2 heterocycles. The molecule has 37 heavy (non-hydrogen) atoms. The van der Waals surface area contributed by atoms with Crippen molar-refractivity contribution in [3.63, 3.8) is 0 Å². The summed E-state index contributed by atoms with van der Waals surface area (Å²) in [4.78, 5) is 18.1. The highest BCUT2D eigenvalue weighted by molar-refractivity contribution is 6.42. The maximum absolute atomic E-state index is 15.2. The number of rotatable bonds is 5. The Morgan fingerprint density at radius 1 is 1.05 bits per heavy atom. The molecule has 0 spiro atoms. The normalized spacial score (nSPS) is 21.4. The van der Waals surface area contributed by atoms with Crippen LogP contribution in [0.1, 0.15) is 48.4 Å². The molecule has 0 aliphatic carbocycles. The SMILES string of the molecule is CCCC(=O)N1CC(F)(c2ccc(C3=NOC(c4cc(Cl)c(Cl)c(C(F)(F)F)c4)(C(F)(F)F)C3)cc2)C1. The molecule has 0 N–H and O–H groups in total. The van der Waals surface area contributed by atoms with Gasteiger partial charge < -0.3 is 9.74 Å². The van der Waals surface area contributed by atoms with Gasteiger partial charge in [0, 0.05) is 18.4 Å². The minimum Gasteiger partial charge on any atom is -0.374 e. The predicted octanol–water partition coefficient (Wildman–Crippen LogP) is 7.40. The molecule has 1 atom stereocenters. The van der Waals surface area contributed by atoms with Crippen molar-refractivity contribution in [3.05, 3.63) is 68.7 Å². The van der Waals surface area contributed by atoms with E-state index in [4.69, 9.17) is 28.0 Å². The topological polar surface area (TPSA) is 41.9 Å². The molecule has 13 heteroatoms. The van der Waals surface area contributed by atoms with Crippen molar-refractivity contribution in [2.45, 2.75) is 49.8 Å². The fraction of sp³-hybridized carbons (Fsp3) is 0.417. The van der Waals surface area contributed by atoms with Crippen LogP contribution in [-0.2, 0) is 27.1 Å². The molecule has 1 amide bonds. The van der Waals surface area contributed by atoms with Crippen LogP contribution in [0, 0.1) is 0 Å². The maximum atomic E-state index is 15.2. The van der Waals surface area contributed by atoms with Gasteiger partial charge in [0.05, 0.1) is 34.4 Å². The second-order valence-electron chi connectivity index (χ2n) is 8.99. The predicted molar refractivity (Wildman–Crippen MR) is 122 cm³/mol. The van der Waals surface area contributed by atoms with Crippen LogP contribution in [0.5, 0.6) is 0 Å². The van der Waals surface area contributed by atoms with E-state index in [1.807, 2.05) is 6.92 Å². The Morgan fingerprint density at radius 3 is 2.22 bits per heavy atom. The first-order valence-corrected chi connectivity index (χ1v) is 11.8. The zero-order valence-electron chi connectivity index (χ0n) is 19.1. The molecule has 4 nitrogen and oxygen atoms in total. The summed E-state index contributed by atoms with van der Waals surface area (Å²) in [6.45, 7) is 1.56. The van der Waals surface area contributed by atoms with Crippen LogP contribution in [0.15, 0.2) is 41.6 Å². The lowest BCUT2D eigenvalue weighted by Crippen LogP contribution is -2.58. The van der Waals surface area contributed by atoms with Crippen molar-refractivity contribution in [3.8, 4) is 0 Å². The number of alkyl halides is 7. The largest absolute Gasteiger partial charge is 0.435 e. The quantitative estimate of drug-likeness (QED) is 0.351.